The molecule has 0 saturated carbocycles. The van der Waals surface area contributed by atoms with Gasteiger partial charge in [0.2, 0.25) is 0 Å². The van der Waals surface area contributed by atoms with Gasteiger partial charge in [-0.25, -0.2) is 8.42 Å². The fourth-order valence-corrected chi connectivity index (χ4v) is 2.94. The molecule has 0 heterocycles. The van der Waals surface area contributed by atoms with Gasteiger partial charge in [-0.05, 0) is 30.3 Å². The van der Waals surface area contributed by atoms with Gasteiger partial charge in [-0.15, -0.1) is 0 Å². The minimum atomic E-state index is -3.78. The monoisotopic (exact) mass is 435 g/mol. The lowest BCUT2D eigenvalue weighted by molar-refractivity contribution is -0.385. The first-order valence-electron chi connectivity index (χ1n) is 8.27. The highest BCUT2D eigenvalue weighted by Gasteiger charge is 2.19. The van der Waals surface area contributed by atoms with Gasteiger partial charge in [0, 0.05) is 35.2 Å². The van der Waals surface area contributed by atoms with Crippen LogP contribution in [0.1, 0.15) is 20.7 Å². The molecule has 2 aromatic rings. The van der Waals surface area contributed by atoms with Gasteiger partial charge in [-0.3, -0.25) is 24.5 Å². The van der Waals surface area contributed by atoms with Crippen LogP contribution in [0.5, 0.6) is 0 Å². The summed E-state index contributed by atoms with van der Waals surface area (Å²) in [5.74, 6) is -1.92. The Balaban J connectivity index is 2.18. The van der Waals surface area contributed by atoms with Crippen molar-refractivity contribution in [2.24, 2.45) is 0 Å². The average molecular weight is 435 g/mol. The number of nitrogens with zero attached hydrogens (tertiary/aromatic N) is 1. The molecular formula is C18H17N3O8S. The van der Waals surface area contributed by atoms with Crippen molar-refractivity contribution in [3.05, 3.63) is 63.7 Å². The van der Waals surface area contributed by atoms with Gasteiger partial charge in [0.1, 0.15) is 6.54 Å². The van der Waals surface area contributed by atoms with Crippen molar-refractivity contribution >= 4 is 39.0 Å². The zero-order valence-electron chi connectivity index (χ0n) is 15.9. The predicted molar refractivity (Wildman–Crippen MR) is 105 cm³/mol. The molecule has 0 radical (unpaired) electrons. The second kappa shape index (κ2) is 9.13. The minimum Gasteiger partial charge on any atom is -0.468 e. The summed E-state index contributed by atoms with van der Waals surface area (Å²) < 4.78 is 27.9. The molecule has 11 nitrogen and oxygen atoms in total. The number of esters is 1. The number of nitro groups is 1. The first kappa shape index (κ1) is 22.5. The second-order valence-corrected chi connectivity index (χ2v) is 8.05. The quantitative estimate of drug-likeness (QED) is 0.372. The molecule has 0 aliphatic rings. The van der Waals surface area contributed by atoms with Crippen molar-refractivity contribution in [3.63, 3.8) is 0 Å². The van der Waals surface area contributed by atoms with E-state index in [1.165, 1.54) is 31.4 Å². The molecule has 0 atom stereocenters. The molecule has 0 saturated heterocycles. The summed E-state index contributed by atoms with van der Waals surface area (Å²) in [6.07, 6.45) is 0.873. The Morgan fingerprint density at radius 2 is 1.67 bits per heavy atom. The first-order chi connectivity index (χ1) is 14.0. The van der Waals surface area contributed by atoms with Crippen LogP contribution in [0.15, 0.2) is 47.4 Å². The third-order valence-corrected chi connectivity index (χ3v) is 4.91. The Morgan fingerprint density at radius 3 is 2.20 bits per heavy atom. The number of ether oxygens (including phenoxy) is 1. The van der Waals surface area contributed by atoms with Crippen LogP contribution in [0.25, 0.3) is 0 Å². The van der Waals surface area contributed by atoms with E-state index in [1.807, 2.05) is 0 Å². The maximum atomic E-state index is 12.4. The Hall–Kier alpha value is -3.80. The fraction of sp³-hybridized carbons (Fsp3) is 0.167. The Bertz CT molecular complexity index is 1110. The number of anilines is 1. The van der Waals surface area contributed by atoms with Gasteiger partial charge in [0.25, 0.3) is 17.5 Å². The molecule has 2 N–H and O–H groups in total. The second-order valence-electron chi connectivity index (χ2n) is 6.04. The van der Waals surface area contributed by atoms with Crippen LogP contribution >= 0.6 is 0 Å². The summed E-state index contributed by atoms with van der Waals surface area (Å²) >= 11 is 0. The van der Waals surface area contributed by atoms with Crippen molar-refractivity contribution in [3.8, 4) is 0 Å². The Morgan fingerprint density at radius 1 is 1.03 bits per heavy atom. The van der Waals surface area contributed by atoms with Gasteiger partial charge in [-0.2, -0.15) is 0 Å². The molecule has 0 unspecified atom stereocenters. The summed E-state index contributed by atoms with van der Waals surface area (Å²) in [6, 6.07) is 8.44. The van der Waals surface area contributed by atoms with Gasteiger partial charge >= 0.3 is 5.97 Å². The maximum Gasteiger partial charge on any atom is 0.325 e. The van der Waals surface area contributed by atoms with Gasteiger partial charge in [0.15, 0.2) is 9.84 Å². The lowest BCUT2D eigenvalue weighted by Gasteiger charge is -2.08. The minimum absolute atomic E-state index is 0.214. The fourth-order valence-electron chi connectivity index (χ4n) is 2.27. The largest absolute Gasteiger partial charge is 0.468 e. The van der Waals surface area contributed by atoms with E-state index in [0.717, 1.165) is 24.5 Å². The molecule has 30 heavy (non-hydrogen) atoms. The summed E-state index contributed by atoms with van der Waals surface area (Å²) in [5.41, 5.74) is -0.284. The molecule has 0 bridgehead atoms. The summed E-state index contributed by atoms with van der Waals surface area (Å²) in [7, 11) is -2.59. The summed E-state index contributed by atoms with van der Waals surface area (Å²) in [4.78, 5) is 45.3. The lowest BCUT2D eigenvalue weighted by Crippen LogP contribution is -2.30. The van der Waals surface area contributed by atoms with E-state index in [4.69, 9.17) is 0 Å². The number of hydrogen-bond acceptors (Lipinski definition) is 8. The van der Waals surface area contributed by atoms with E-state index in [0.29, 0.717) is 0 Å². The molecule has 2 rings (SSSR count). The topological polar surface area (TPSA) is 162 Å². The van der Waals surface area contributed by atoms with E-state index in [1.54, 1.807) is 0 Å². The van der Waals surface area contributed by atoms with Crippen molar-refractivity contribution < 1.29 is 32.5 Å². The Kier molecular flexibility index (Phi) is 6.85. The van der Waals surface area contributed by atoms with Crippen LogP contribution in [0.3, 0.4) is 0 Å². The van der Waals surface area contributed by atoms with Gasteiger partial charge in [-0.1, -0.05) is 0 Å². The smallest absolute Gasteiger partial charge is 0.325 e. The van der Waals surface area contributed by atoms with Crippen LogP contribution < -0.4 is 10.6 Å². The molecule has 158 valence electrons. The standard InChI is InChI=1S/C18H17N3O8S/c1-29-16(22)10-19-17(23)11-3-5-13(6-4-11)20-18(24)12-7-14(21(25)26)9-15(8-12)30(2,27)28/h3-9H,10H2,1-2H3,(H,19,23)(H,20,24). The summed E-state index contributed by atoms with van der Waals surface area (Å²) in [6.45, 7) is -0.302. The zero-order chi connectivity index (χ0) is 22.5. The molecule has 0 aliphatic heterocycles. The number of sulfone groups is 1. The van der Waals surface area contributed by atoms with Gasteiger partial charge in [0.05, 0.1) is 16.9 Å². The molecule has 2 aromatic carbocycles. The predicted octanol–water partition coefficient (Wildman–Crippen LogP) is 1.15. The molecular weight excluding hydrogens is 418 g/mol. The van der Waals surface area contributed by atoms with E-state index < -0.39 is 38.2 Å². The number of methoxy groups -OCH3 is 1. The van der Waals surface area contributed by atoms with E-state index in [-0.39, 0.29) is 28.3 Å². The Labute approximate surface area is 171 Å². The number of benzene rings is 2. The highest BCUT2D eigenvalue weighted by Crippen LogP contribution is 2.22. The van der Waals surface area contributed by atoms with Gasteiger partial charge < -0.3 is 15.4 Å². The number of rotatable bonds is 7. The van der Waals surface area contributed by atoms with Crippen molar-refractivity contribution in [1.29, 1.82) is 0 Å². The number of carbonyl (C=O) groups excluding carboxylic acids is 3. The van der Waals surface area contributed by atoms with Crippen molar-refractivity contribution in [1.82, 2.24) is 5.32 Å². The highest BCUT2D eigenvalue weighted by molar-refractivity contribution is 7.90. The number of non-ortho nitro benzene ring substituents is 1. The highest BCUT2D eigenvalue weighted by atomic mass is 32.2. The molecule has 0 aliphatic carbocycles. The van der Waals surface area contributed by atoms with Crippen molar-refractivity contribution in [2.75, 3.05) is 25.2 Å². The number of amides is 2. The first-order valence-corrected chi connectivity index (χ1v) is 10.2. The van der Waals surface area contributed by atoms with E-state index in [9.17, 15) is 32.9 Å². The average Bonchev–Trinajstić information content (AvgIpc) is 2.71. The zero-order valence-corrected chi connectivity index (χ0v) is 16.7. The number of nitro benzene ring substituents is 1. The molecule has 0 aromatic heterocycles. The third kappa shape index (κ3) is 5.85. The van der Waals surface area contributed by atoms with Crippen LogP contribution in [-0.2, 0) is 19.4 Å². The third-order valence-electron chi connectivity index (χ3n) is 3.82. The van der Waals surface area contributed by atoms with E-state index in [2.05, 4.69) is 15.4 Å². The number of nitrogens with one attached hydrogen (secondary N) is 2. The lowest BCUT2D eigenvalue weighted by atomic mass is 10.1. The molecule has 0 spiro atoms. The van der Waals surface area contributed by atoms with E-state index >= 15 is 0 Å². The molecule has 12 heteroatoms. The van der Waals surface area contributed by atoms with Crippen LogP contribution in [-0.4, -0.2) is 51.0 Å². The SMILES string of the molecule is COC(=O)CNC(=O)c1ccc(NC(=O)c2cc([N+](=O)[O-])cc(S(C)(=O)=O)c2)cc1. The van der Waals surface area contributed by atoms with Crippen LogP contribution in [0.4, 0.5) is 11.4 Å². The normalized spacial score (nSPS) is 10.7. The molecule has 2 amide bonds. The van der Waals surface area contributed by atoms with Crippen molar-refractivity contribution in [2.45, 2.75) is 4.90 Å². The van der Waals surface area contributed by atoms with Crippen LogP contribution in [0, 0.1) is 10.1 Å². The summed E-state index contributed by atoms with van der Waals surface area (Å²) in [5, 5.41) is 15.9. The van der Waals surface area contributed by atoms with Crippen LogP contribution in [0.2, 0.25) is 0 Å². The molecule has 0 fully saturated rings. The number of hydrogen-bond donors (Lipinski definition) is 2. The number of carbonyl (C=O) groups is 3. The maximum absolute atomic E-state index is 12.4.